The van der Waals surface area contributed by atoms with Crippen LogP contribution in [0.4, 0.5) is 0 Å². The molecule has 1 aliphatic heterocycles. The first-order valence-electron chi connectivity index (χ1n) is 10.5. The quantitative estimate of drug-likeness (QED) is 0.198. The van der Waals surface area contributed by atoms with Crippen LogP contribution < -0.4 is 0 Å². The molecule has 0 atom stereocenters. The number of ether oxygens (including phenoxy) is 5. The van der Waals surface area contributed by atoms with E-state index in [9.17, 15) is 0 Å². The van der Waals surface area contributed by atoms with E-state index < -0.39 is 18.2 Å². The van der Waals surface area contributed by atoms with Gasteiger partial charge in [-0.3, -0.25) is 0 Å². The third-order valence-corrected chi connectivity index (χ3v) is 5.10. The van der Waals surface area contributed by atoms with Crippen molar-refractivity contribution < 1.29 is 41.4 Å². The molecule has 0 amide bonds. The van der Waals surface area contributed by atoms with Crippen LogP contribution in [0.3, 0.4) is 0 Å². The summed E-state index contributed by atoms with van der Waals surface area (Å²) in [4.78, 5) is 0. The summed E-state index contributed by atoms with van der Waals surface area (Å²) in [6.07, 6.45) is 4.69. The first kappa shape index (κ1) is 21.7. The number of rotatable bonds is 14. The first-order chi connectivity index (χ1) is 16.3. The summed E-state index contributed by atoms with van der Waals surface area (Å²) in [7, 11) is 0. The van der Waals surface area contributed by atoms with Gasteiger partial charge in [0.15, 0.2) is 18.2 Å². The van der Waals surface area contributed by atoms with Crippen LogP contribution in [0.2, 0.25) is 0 Å². The van der Waals surface area contributed by atoms with Gasteiger partial charge in [-0.25, -0.2) is 0 Å². The van der Waals surface area contributed by atoms with Crippen molar-refractivity contribution in [2.24, 2.45) is 0 Å². The zero-order valence-electron chi connectivity index (χ0n) is 17.8. The monoisotopic (exact) mass is 456 g/mol. The van der Waals surface area contributed by atoms with Crippen molar-refractivity contribution in [1.82, 2.24) is 0 Å². The highest BCUT2D eigenvalue weighted by Gasteiger charge is 2.61. The number of hydrogen-bond donors (Lipinski definition) is 0. The average Bonchev–Trinajstić information content (AvgIpc) is 3.44. The van der Waals surface area contributed by atoms with E-state index in [0.717, 1.165) is 0 Å². The highest BCUT2D eigenvalue weighted by molar-refractivity contribution is 5.04. The van der Waals surface area contributed by atoms with E-state index in [2.05, 4.69) is 0 Å². The van der Waals surface area contributed by atoms with Gasteiger partial charge >= 0.3 is 0 Å². The molecule has 0 aliphatic carbocycles. The lowest BCUT2D eigenvalue weighted by molar-refractivity contribution is -0.273. The van der Waals surface area contributed by atoms with Crippen LogP contribution in [0.5, 0.6) is 0 Å². The molecule has 9 heteroatoms. The molecule has 1 aliphatic rings. The minimum atomic E-state index is -1.00. The third-order valence-electron chi connectivity index (χ3n) is 5.10. The summed E-state index contributed by atoms with van der Waals surface area (Å²) in [5.74, 6) is 2.62. The van der Waals surface area contributed by atoms with Crippen molar-refractivity contribution in [1.29, 1.82) is 0 Å². The largest absolute Gasteiger partial charge is 0.467 e. The zero-order valence-corrected chi connectivity index (χ0v) is 17.8. The van der Waals surface area contributed by atoms with Gasteiger partial charge in [0.2, 0.25) is 0 Å². The molecule has 5 rings (SSSR count). The molecule has 0 aromatic carbocycles. The van der Waals surface area contributed by atoms with E-state index in [0.29, 0.717) is 29.6 Å². The minimum absolute atomic E-state index is 0.185. The Bertz CT molecular complexity index is 873. The predicted molar refractivity (Wildman–Crippen MR) is 110 cm³/mol. The van der Waals surface area contributed by atoms with Gasteiger partial charge in [-0.1, -0.05) is 0 Å². The second-order valence-corrected chi connectivity index (χ2v) is 7.47. The van der Waals surface area contributed by atoms with Crippen molar-refractivity contribution in [3.8, 4) is 0 Å². The van der Waals surface area contributed by atoms with E-state index in [1.807, 2.05) is 24.3 Å². The van der Waals surface area contributed by atoms with E-state index >= 15 is 0 Å². The molecule has 0 unspecified atom stereocenters. The Balaban J connectivity index is 1.32. The average molecular weight is 456 g/mol. The molecule has 0 N–H and O–H groups in total. The van der Waals surface area contributed by atoms with Gasteiger partial charge in [-0.15, -0.1) is 0 Å². The molecule has 174 valence electrons. The molecule has 33 heavy (non-hydrogen) atoms. The molecule has 0 saturated carbocycles. The van der Waals surface area contributed by atoms with Crippen molar-refractivity contribution >= 4 is 0 Å². The summed E-state index contributed by atoms with van der Waals surface area (Å²) >= 11 is 0. The summed E-state index contributed by atoms with van der Waals surface area (Å²) in [6, 6.07) is 14.5. The highest BCUT2D eigenvalue weighted by atomic mass is 16.8. The smallest absolute Gasteiger partial charge is 0.195 e. The van der Waals surface area contributed by atoms with Crippen molar-refractivity contribution in [2.45, 2.75) is 44.6 Å². The molecule has 0 radical (unpaired) electrons. The lowest BCUT2D eigenvalue weighted by Crippen LogP contribution is -2.47. The van der Waals surface area contributed by atoms with Crippen molar-refractivity contribution in [3.63, 3.8) is 0 Å². The van der Waals surface area contributed by atoms with Crippen LogP contribution in [0.1, 0.15) is 23.0 Å². The van der Waals surface area contributed by atoms with Crippen molar-refractivity contribution in [2.75, 3.05) is 6.61 Å². The molecule has 0 bridgehead atoms. The SMILES string of the molecule is c1coc(COC(OCc2ccco2)C2(C(OCc3ccco3)OCc3ccco3)CO2)c1. The molecule has 4 aromatic heterocycles. The highest BCUT2D eigenvalue weighted by Crippen LogP contribution is 2.41. The van der Waals surface area contributed by atoms with Gasteiger partial charge in [-0.2, -0.15) is 0 Å². The van der Waals surface area contributed by atoms with Gasteiger partial charge in [0.05, 0.1) is 31.7 Å². The number of hydrogen-bond acceptors (Lipinski definition) is 9. The van der Waals surface area contributed by atoms with E-state index in [-0.39, 0.29) is 26.4 Å². The summed E-state index contributed by atoms with van der Waals surface area (Å²) in [5.41, 5.74) is -1.00. The third kappa shape index (κ3) is 5.47. The lowest BCUT2D eigenvalue weighted by Gasteiger charge is -2.30. The lowest BCUT2D eigenvalue weighted by atomic mass is 10.1. The maximum atomic E-state index is 6.08. The molecular formula is C24H24O9. The normalized spacial score (nSPS) is 15.0. The second kappa shape index (κ2) is 10.2. The van der Waals surface area contributed by atoms with Crippen LogP contribution in [-0.2, 0) is 50.1 Å². The van der Waals surface area contributed by atoms with Crippen LogP contribution in [0.25, 0.3) is 0 Å². The van der Waals surface area contributed by atoms with Crippen LogP contribution in [0.15, 0.2) is 91.3 Å². The fraction of sp³-hybridized carbons (Fsp3) is 0.333. The predicted octanol–water partition coefficient (Wildman–Crippen LogP) is 4.65. The molecular weight excluding hydrogens is 432 g/mol. The van der Waals surface area contributed by atoms with Gasteiger partial charge < -0.3 is 41.4 Å². The Labute approximate surface area is 189 Å². The molecule has 9 nitrogen and oxygen atoms in total. The molecule has 5 heterocycles. The zero-order chi connectivity index (χ0) is 22.3. The van der Waals surface area contributed by atoms with Crippen LogP contribution in [-0.4, -0.2) is 24.8 Å². The number of furan rings is 4. The second-order valence-electron chi connectivity index (χ2n) is 7.47. The molecule has 1 fully saturated rings. The Morgan fingerprint density at radius 2 is 0.879 bits per heavy atom. The van der Waals surface area contributed by atoms with Crippen molar-refractivity contribution in [3.05, 3.63) is 96.6 Å². The van der Waals surface area contributed by atoms with E-state index in [1.165, 1.54) is 0 Å². The number of epoxide rings is 1. The van der Waals surface area contributed by atoms with Crippen LogP contribution >= 0.6 is 0 Å². The maximum absolute atomic E-state index is 6.08. The van der Waals surface area contributed by atoms with E-state index in [4.69, 9.17) is 41.4 Å². The fourth-order valence-electron chi connectivity index (χ4n) is 3.34. The van der Waals surface area contributed by atoms with E-state index in [1.54, 1.807) is 49.3 Å². The molecule has 4 aromatic rings. The van der Waals surface area contributed by atoms with Gasteiger partial charge in [-0.05, 0) is 48.5 Å². The summed E-state index contributed by atoms with van der Waals surface area (Å²) in [6.45, 7) is 1.05. The Kier molecular flexibility index (Phi) is 6.75. The fourth-order valence-corrected chi connectivity index (χ4v) is 3.34. The Morgan fingerprint density at radius 1 is 0.576 bits per heavy atom. The topological polar surface area (TPSA) is 102 Å². The maximum Gasteiger partial charge on any atom is 0.195 e. The van der Waals surface area contributed by atoms with Gasteiger partial charge in [0.1, 0.15) is 49.5 Å². The molecule has 1 saturated heterocycles. The Hall–Kier alpha value is -3.08. The standard InChI is InChI=1S/C24H24O9/c1-5-18(25-9-1)13-29-22(30-14-19-6-2-10-26-19)24(17-33-24)23(31-15-20-7-3-11-27-20)32-16-21-8-4-12-28-21/h1-12,22-23H,13-17H2. The molecule has 0 spiro atoms. The van der Waals surface area contributed by atoms with Gasteiger partial charge in [0.25, 0.3) is 0 Å². The Morgan fingerprint density at radius 3 is 1.09 bits per heavy atom. The summed E-state index contributed by atoms with van der Waals surface area (Å²) < 4.78 is 51.8. The van der Waals surface area contributed by atoms with Crippen LogP contribution in [0, 0.1) is 0 Å². The summed E-state index contributed by atoms with van der Waals surface area (Å²) in [5, 5.41) is 0. The first-order valence-corrected chi connectivity index (χ1v) is 10.5. The minimum Gasteiger partial charge on any atom is -0.467 e. The van der Waals surface area contributed by atoms with Gasteiger partial charge in [0, 0.05) is 0 Å².